The Morgan fingerprint density at radius 3 is 2.20 bits per heavy atom. The first-order valence-electron chi connectivity index (χ1n) is 7.44. The number of nitrogens with one attached hydrogen (secondary N) is 2. The fraction of sp³-hybridized carbons (Fsp3) is 0.0526. The minimum Gasteiger partial charge on any atom is -1.00 e. The summed E-state index contributed by atoms with van der Waals surface area (Å²) in [7, 11) is 1.59. The van der Waals surface area contributed by atoms with Gasteiger partial charge < -0.3 is 27.2 Å². The van der Waals surface area contributed by atoms with E-state index >= 15 is 0 Å². The maximum atomic E-state index is 12.2. The van der Waals surface area contributed by atoms with Crippen molar-refractivity contribution >= 4 is 11.6 Å². The standard InChI is InChI=1S/C19H16N2O3.ClH/c1-23-16-8-4-14(5-9-16)19(22)21-15-6-10-17(11-7-15)24-18-3-2-12-20-13-18;/h2-13H,1H3,(H,21,22);1H. The van der Waals surface area contributed by atoms with E-state index in [-0.39, 0.29) is 18.3 Å². The Labute approximate surface area is 152 Å². The largest absolute Gasteiger partial charge is 1.00 e. The molecule has 0 aliphatic rings. The lowest BCUT2D eigenvalue weighted by Crippen LogP contribution is -3.00. The molecule has 5 nitrogen and oxygen atoms in total. The molecule has 0 saturated carbocycles. The molecule has 0 unspecified atom stereocenters. The Balaban J connectivity index is 0.00000225. The predicted octanol–water partition coefficient (Wildman–Crippen LogP) is 0.558. The van der Waals surface area contributed by atoms with Crippen molar-refractivity contribution in [3.8, 4) is 17.2 Å². The molecule has 1 aromatic heterocycles. The molecule has 2 aromatic carbocycles. The first-order chi connectivity index (χ1) is 11.7. The Morgan fingerprint density at radius 2 is 1.60 bits per heavy atom. The van der Waals surface area contributed by atoms with Crippen molar-refractivity contribution in [2.45, 2.75) is 0 Å². The second-order valence-electron chi connectivity index (χ2n) is 5.05. The van der Waals surface area contributed by atoms with Gasteiger partial charge >= 0.3 is 0 Å². The van der Waals surface area contributed by atoms with Crippen molar-refractivity contribution in [1.82, 2.24) is 0 Å². The van der Waals surface area contributed by atoms with E-state index in [0.29, 0.717) is 28.5 Å². The van der Waals surface area contributed by atoms with Crippen LogP contribution in [0.2, 0.25) is 0 Å². The number of aromatic amines is 1. The lowest BCUT2D eigenvalue weighted by atomic mass is 10.2. The molecule has 128 valence electrons. The number of benzene rings is 2. The predicted molar refractivity (Wildman–Crippen MR) is 90.5 cm³/mol. The third kappa shape index (κ3) is 4.96. The van der Waals surface area contributed by atoms with Gasteiger partial charge in [-0.25, -0.2) is 4.98 Å². The number of ether oxygens (including phenoxy) is 2. The molecule has 25 heavy (non-hydrogen) atoms. The summed E-state index contributed by atoms with van der Waals surface area (Å²) in [6.07, 6.45) is 3.57. The molecule has 2 N–H and O–H groups in total. The zero-order valence-corrected chi connectivity index (χ0v) is 14.3. The molecule has 0 aliphatic heterocycles. The van der Waals surface area contributed by atoms with E-state index in [9.17, 15) is 4.79 Å². The number of hydrogen-bond acceptors (Lipinski definition) is 3. The molecule has 0 fully saturated rings. The van der Waals surface area contributed by atoms with Gasteiger partial charge in [0.1, 0.15) is 11.5 Å². The van der Waals surface area contributed by atoms with Gasteiger partial charge in [-0.15, -0.1) is 0 Å². The smallest absolute Gasteiger partial charge is 0.255 e. The van der Waals surface area contributed by atoms with Gasteiger partial charge in [0.05, 0.1) is 7.11 Å². The number of rotatable bonds is 5. The van der Waals surface area contributed by atoms with Gasteiger partial charge in [0.15, 0.2) is 11.9 Å². The highest BCUT2D eigenvalue weighted by Crippen LogP contribution is 2.22. The molecule has 6 heteroatoms. The van der Waals surface area contributed by atoms with Crippen LogP contribution < -0.4 is 32.2 Å². The van der Waals surface area contributed by atoms with Crippen LogP contribution in [0.4, 0.5) is 5.69 Å². The fourth-order valence-electron chi connectivity index (χ4n) is 2.13. The summed E-state index contributed by atoms with van der Waals surface area (Å²) in [5.41, 5.74) is 1.26. The number of halogens is 1. The van der Waals surface area contributed by atoms with Crippen molar-refractivity contribution in [3.63, 3.8) is 0 Å². The summed E-state index contributed by atoms with van der Waals surface area (Å²) >= 11 is 0. The molecule has 0 radical (unpaired) electrons. The average Bonchev–Trinajstić information content (AvgIpc) is 2.64. The minimum absolute atomic E-state index is 0. The van der Waals surface area contributed by atoms with Gasteiger partial charge in [-0.2, -0.15) is 0 Å². The number of aromatic nitrogens is 1. The van der Waals surface area contributed by atoms with E-state index < -0.39 is 0 Å². The van der Waals surface area contributed by atoms with Crippen LogP contribution in [-0.4, -0.2) is 13.0 Å². The lowest BCUT2D eigenvalue weighted by molar-refractivity contribution is -0.378. The summed E-state index contributed by atoms with van der Waals surface area (Å²) in [6.45, 7) is 0. The summed E-state index contributed by atoms with van der Waals surface area (Å²) in [6, 6.07) is 17.9. The highest BCUT2D eigenvalue weighted by Gasteiger charge is 2.07. The van der Waals surface area contributed by atoms with E-state index in [2.05, 4.69) is 10.3 Å². The molecular formula is C19H17ClN2O3. The maximum absolute atomic E-state index is 12.2. The zero-order valence-electron chi connectivity index (χ0n) is 13.5. The van der Waals surface area contributed by atoms with Gasteiger partial charge in [0.25, 0.3) is 5.91 Å². The van der Waals surface area contributed by atoms with E-state index in [1.54, 1.807) is 61.8 Å². The van der Waals surface area contributed by atoms with Gasteiger partial charge in [-0.1, -0.05) is 0 Å². The van der Waals surface area contributed by atoms with Crippen LogP contribution in [0.1, 0.15) is 10.4 Å². The van der Waals surface area contributed by atoms with Gasteiger partial charge in [-0.05, 0) is 54.6 Å². The molecule has 3 aromatic rings. The molecule has 0 atom stereocenters. The fourth-order valence-corrected chi connectivity index (χ4v) is 2.13. The highest BCUT2D eigenvalue weighted by molar-refractivity contribution is 6.04. The Hall–Kier alpha value is -3.05. The van der Waals surface area contributed by atoms with Gasteiger partial charge in [-0.3, -0.25) is 4.79 Å². The number of pyridine rings is 1. The summed E-state index contributed by atoms with van der Waals surface area (Å²) in [5.74, 6) is 1.94. The quantitative estimate of drug-likeness (QED) is 0.726. The third-order valence-electron chi connectivity index (χ3n) is 3.38. The molecule has 1 amide bonds. The highest BCUT2D eigenvalue weighted by atomic mass is 35.5. The van der Waals surface area contributed by atoms with Gasteiger partial charge in [0, 0.05) is 17.3 Å². The molecular weight excluding hydrogens is 340 g/mol. The van der Waals surface area contributed by atoms with E-state index in [0.717, 1.165) is 0 Å². The van der Waals surface area contributed by atoms with Crippen LogP contribution >= 0.6 is 0 Å². The number of carbonyl (C=O) groups is 1. The SMILES string of the molecule is COc1ccc(C(=O)Nc2ccc(Oc3ccc[nH+]c3)cc2)cc1.[Cl-]. The molecule has 0 saturated heterocycles. The van der Waals surface area contributed by atoms with Crippen LogP contribution in [0.15, 0.2) is 73.1 Å². The van der Waals surface area contributed by atoms with Crippen LogP contribution in [0.25, 0.3) is 0 Å². The number of hydrogen-bond donors (Lipinski definition) is 1. The number of carbonyl (C=O) groups excluding carboxylic acids is 1. The normalized spacial score (nSPS) is 9.64. The van der Waals surface area contributed by atoms with Crippen LogP contribution in [0.3, 0.4) is 0 Å². The van der Waals surface area contributed by atoms with Crippen molar-refractivity contribution in [1.29, 1.82) is 0 Å². The zero-order chi connectivity index (χ0) is 16.8. The van der Waals surface area contributed by atoms with Crippen LogP contribution in [0, 0.1) is 0 Å². The first-order valence-corrected chi connectivity index (χ1v) is 7.44. The van der Waals surface area contributed by atoms with Crippen molar-refractivity contribution in [3.05, 3.63) is 78.6 Å². The number of anilines is 1. The minimum atomic E-state index is -0.177. The number of methoxy groups -OCH3 is 1. The second kappa shape index (κ2) is 8.70. The summed E-state index contributed by atoms with van der Waals surface area (Å²) in [4.78, 5) is 15.2. The van der Waals surface area contributed by atoms with E-state index in [1.165, 1.54) is 0 Å². The maximum Gasteiger partial charge on any atom is 0.255 e. The topological polar surface area (TPSA) is 61.7 Å². The van der Waals surface area contributed by atoms with Crippen LogP contribution in [0.5, 0.6) is 17.2 Å². The van der Waals surface area contributed by atoms with E-state index in [1.807, 2.05) is 18.3 Å². The summed E-state index contributed by atoms with van der Waals surface area (Å²) < 4.78 is 10.8. The Morgan fingerprint density at radius 1 is 0.920 bits per heavy atom. The van der Waals surface area contributed by atoms with Crippen molar-refractivity contribution < 1.29 is 31.7 Å². The Kier molecular flexibility index (Phi) is 6.37. The monoisotopic (exact) mass is 356 g/mol. The number of amides is 1. The summed E-state index contributed by atoms with van der Waals surface area (Å²) in [5, 5.41) is 2.85. The molecule has 0 spiro atoms. The molecule has 0 aliphatic carbocycles. The van der Waals surface area contributed by atoms with Crippen molar-refractivity contribution in [2.75, 3.05) is 12.4 Å². The first kappa shape index (κ1) is 18.3. The Bertz CT molecular complexity index is 806. The third-order valence-corrected chi connectivity index (χ3v) is 3.38. The second-order valence-corrected chi connectivity index (χ2v) is 5.05. The average molecular weight is 357 g/mol. The molecule has 0 bridgehead atoms. The lowest BCUT2D eigenvalue weighted by Gasteiger charge is -2.08. The molecule has 3 rings (SSSR count). The molecule has 1 heterocycles. The van der Waals surface area contributed by atoms with Crippen molar-refractivity contribution in [2.24, 2.45) is 0 Å². The van der Waals surface area contributed by atoms with E-state index in [4.69, 9.17) is 9.47 Å². The number of H-pyrrole nitrogens is 1. The van der Waals surface area contributed by atoms with Gasteiger partial charge in [0.2, 0.25) is 6.20 Å². The van der Waals surface area contributed by atoms with Crippen LogP contribution in [-0.2, 0) is 0 Å².